The third-order valence-corrected chi connectivity index (χ3v) is 4.44. The summed E-state index contributed by atoms with van der Waals surface area (Å²) in [6.45, 7) is 2.21. The number of H-pyrrole nitrogens is 1. The number of halogens is 3. The Morgan fingerprint density at radius 2 is 2.10 bits per heavy atom. The van der Waals surface area contributed by atoms with Crippen molar-refractivity contribution in [1.29, 1.82) is 0 Å². The van der Waals surface area contributed by atoms with E-state index in [4.69, 9.17) is 0 Å². The van der Waals surface area contributed by atoms with Gasteiger partial charge in [-0.3, -0.25) is 0 Å². The largest absolute Gasteiger partial charge is 0.453 e. The van der Waals surface area contributed by atoms with Crippen molar-refractivity contribution in [3.05, 3.63) is 46.7 Å². The van der Waals surface area contributed by atoms with Gasteiger partial charge in [-0.15, -0.1) is 0 Å². The number of imidazole rings is 1. The van der Waals surface area contributed by atoms with Crippen LogP contribution in [0.3, 0.4) is 0 Å². The van der Waals surface area contributed by atoms with Crippen molar-refractivity contribution in [2.24, 2.45) is 0 Å². The number of rotatable bonds is 6. The summed E-state index contributed by atoms with van der Waals surface area (Å²) >= 11 is 3.31. The summed E-state index contributed by atoms with van der Waals surface area (Å²) in [7, 11) is 1.29. The second kappa shape index (κ2) is 8.95. The summed E-state index contributed by atoms with van der Waals surface area (Å²) < 4.78 is 32.1. The number of nitrogens with zero attached hydrogens (tertiary/aromatic N) is 3. The number of nitrogens with one attached hydrogen (secondary N) is 3. The molecule has 2 heterocycles. The minimum atomic E-state index is -0.735. The lowest BCUT2D eigenvalue weighted by Gasteiger charge is -2.14. The highest BCUT2D eigenvalue weighted by atomic mass is 79.9. The van der Waals surface area contributed by atoms with Gasteiger partial charge in [-0.1, -0.05) is 0 Å². The maximum absolute atomic E-state index is 14.0. The van der Waals surface area contributed by atoms with Crippen LogP contribution < -0.4 is 10.6 Å². The minimum Gasteiger partial charge on any atom is -0.453 e. The number of aromatic nitrogens is 4. The zero-order chi connectivity index (χ0) is 21.0. The molecule has 0 aliphatic carbocycles. The molecule has 152 valence electrons. The van der Waals surface area contributed by atoms with Crippen LogP contribution in [-0.2, 0) is 4.74 Å². The molecule has 0 saturated carbocycles. The monoisotopic (exact) mass is 466 g/mol. The highest BCUT2D eigenvalue weighted by Gasteiger charge is 2.17. The quantitative estimate of drug-likeness (QED) is 0.511. The van der Waals surface area contributed by atoms with Gasteiger partial charge >= 0.3 is 6.09 Å². The first-order valence-corrected chi connectivity index (χ1v) is 9.29. The Morgan fingerprint density at radius 3 is 2.83 bits per heavy atom. The summed E-state index contributed by atoms with van der Waals surface area (Å²) in [5.74, 6) is -0.361. The minimum absolute atomic E-state index is 0.121. The van der Waals surface area contributed by atoms with E-state index in [1.54, 1.807) is 19.2 Å². The van der Waals surface area contributed by atoms with Crippen LogP contribution in [0.4, 0.5) is 19.4 Å². The number of hydrogen-bond donors (Lipinski definition) is 3. The number of ether oxygens (including phenoxy) is 1. The second-order valence-electron chi connectivity index (χ2n) is 6.06. The van der Waals surface area contributed by atoms with E-state index in [0.29, 0.717) is 28.5 Å². The average molecular weight is 467 g/mol. The summed E-state index contributed by atoms with van der Waals surface area (Å²) in [6, 6.07) is 4.70. The van der Waals surface area contributed by atoms with Crippen LogP contribution in [0, 0.1) is 11.6 Å². The Bertz CT molecular complexity index is 1030. The van der Waals surface area contributed by atoms with E-state index < -0.39 is 17.7 Å². The summed E-state index contributed by atoms with van der Waals surface area (Å²) in [5, 5.41) is 5.72. The number of aromatic amines is 1. The van der Waals surface area contributed by atoms with Gasteiger partial charge in [0.2, 0.25) is 0 Å². The van der Waals surface area contributed by atoms with Gasteiger partial charge in [0.1, 0.15) is 33.6 Å². The lowest BCUT2D eigenvalue weighted by Crippen LogP contribution is -2.37. The van der Waals surface area contributed by atoms with Crippen LogP contribution in [0.15, 0.2) is 35.1 Å². The van der Waals surface area contributed by atoms with Crippen molar-refractivity contribution in [3.63, 3.8) is 0 Å². The lowest BCUT2D eigenvalue weighted by molar-refractivity contribution is 0.168. The Balaban J connectivity index is 1.78. The van der Waals surface area contributed by atoms with Crippen molar-refractivity contribution in [1.82, 2.24) is 25.3 Å². The maximum Gasteiger partial charge on any atom is 0.407 e. The van der Waals surface area contributed by atoms with Gasteiger partial charge in [-0.2, -0.15) is 0 Å². The molecular weight excluding hydrogens is 450 g/mol. The summed E-state index contributed by atoms with van der Waals surface area (Å²) in [4.78, 5) is 27.0. The van der Waals surface area contributed by atoms with Gasteiger partial charge in [0.15, 0.2) is 5.82 Å². The summed E-state index contributed by atoms with van der Waals surface area (Å²) in [6.07, 6.45) is 1.03. The van der Waals surface area contributed by atoms with Crippen LogP contribution in [0.5, 0.6) is 0 Å². The number of amides is 1. The molecule has 1 atom stereocenters. The van der Waals surface area contributed by atoms with Crippen molar-refractivity contribution >= 4 is 27.8 Å². The first-order valence-electron chi connectivity index (χ1n) is 8.50. The number of methoxy groups -OCH3 is 1. The number of alkyl carbamates (subject to hydrolysis) is 1. The van der Waals surface area contributed by atoms with E-state index in [9.17, 15) is 13.6 Å². The number of benzene rings is 1. The van der Waals surface area contributed by atoms with Crippen LogP contribution in [0.25, 0.3) is 22.9 Å². The maximum atomic E-state index is 14.0. The molecular formula is C18H17BrF2N6O2. The highest BCUT2D eigenvalue weighted by molar-refractivity contribution is 9.10. The molecule has 0 aliphatic rings. The first-order chi connectivity index (χ1) is 13.9. The predicted octanol–water partition coefficient (Wildman–Crippen LogP) is 3.73. The van der Waals surface area contributed by atoms with E-state index >= 15 is 0 Å². The third kappa shape index (κ3) is 5.05. The molecule has 1 amide bonds. The van der Waals surface area contributed by atoms with Gasteiger partial charge in [0.05, 0.1) is 12.7 Å². The Morgan fingerprint density at radius 1 is 1.31 bits per heavy atom. The Labute approximate surface area is 173 Å². The van der Waals surface area contributed by atoms with E-state index in [2.05, 4.69) is 51.2 Å². The van der Waals surface area contributed by atoms with E-state index in [0.717, 1.165) is 12.1 Å². The molecule has 8 nitrogen and oxygen atoms in total. The fourth-order valence-corrected chi connectivity index (χ4v) is 2.91. The van der Waals surface area contributed by atoms with Gasteiger partial charge in [-0.25, -0.2) is 28.5 Å². The van der Waals surface area contributed by atoms with Gasteiger partial charge < -0.3 is 20.4 Å². The molecule has 2 aromatic heterocycles. The first kappa shape index (κ1) is 20.6. The standard InChI is InChI=1S/C18H17BrF2N6O2/c1-9(24-18(28)29-2)8-23-13-5-6-22-17(25-13)14-15(19)27-16(26-14)11-4-3-10(20)7-12(11)21/h3-7,9H,8H2,1-2H3,(H,24,28)(H,26,27)(H,22,23,25). The molecule has 0 fully saturated rings. The fourth-order valence-electron chi connectivity index (χ4n) is 2.46. The molecule has 0 bridgehead atoms. The smallest absolute Gasteiger partial charge is 0.407 e. The normalized spacial score (nSPS) is 11.8. The average Bonchev–Trinajstić information content (AvgIpc) is 3.08. The van der Waals surface area contributed by atoms with E-state index in [1.165, 1.54) is 13.2 Å². The molecule has 0 spiro atoms. The molecule has 0 radical (unpaired) electrons. The molecule has 1 aromatic carbocycles. The zero-order valence-electron chi connectivity index (χ0n) is 15.5. The predicted molar refractivity (Wildman–Crippen MR) is 106 cm³/mol. The molecule has 11 heteroatoms. The SMILES string of the molecule is COC(=O)NC(C)CNc1ccnc(-c2[nH]c(-c3ccc(F)cc3F)nc2Br)n1. The topological polar surface area (TPSA) is 105 Å². The summed E-state index contributed by atoms with van der Waals surface area (Å²) in [5.41, 5.74) is 0.559. The Kier molecular flexibility index (Phi) is 6.37. The van der Waals surface area contributed by atoms with Gasteiger partial charge in [-0.05, 0) is 41.1 Å². The molecule has 3 aromatic rings. The number of carbonyl (C=O) groups is 1. The van der Waals surface area contributed by atoms with Crippen LogP contribution >= 0.6 is 15.9 Å². The molecule has 0 aliphatic heterocycles. The highest BCUT2D eigenvalue weighted by Crippen LogP contribution is 2.29. The molecule has 3 rings (SSSR count). The number of anilines is 1. The molecule has 29 heavy (non-hydrogen) atoms. The van der Waals surface area contributed by atoms with Crippen molar-refractivity contribution in [3.8, 4) is 22.9 Å². The van der Waals surface area contributed by atoms with Crippen LogP contribution in [0.2, 0.25) is 0 Å². The van der Waals surface area contributed by atoms with Crippen molar-refractivity contribution in [2.75, 3.05) is 19.0 Å². The van der Waals surface area contributed by atoms with Crippen molar-refractivity contribution < 1.29 is 18.3 Å². The van der Waals surface area contributed by atoms with Crippen LogP contribution in [-0.4, -0.2) is 45.7 Å². The zero-order valence-corrected chi connectivity index (χ0v) is 17.0. The molecule has 0 saturated heterocycles. The second-order valence-corrected chi connectivity index (χ2v) is 6.81. The van der Waals surface area contributed by atoms with E-state index in [-0.39, 0.29) is 17.4 Å². The van der Waals surface area contributed by atoms with Gasteiger partial charge in [0, 0.05) is 24.8 Å². The molecule has 1 unspecified atom stereocenters. The third-order valence-electron chi connectivity index (χ3n) is 3.86. The lowest BCUT2D eigenvalue weighted by atomic mass is 10.2. The van der Waals surface area contributed by atoms with Crippen LogP contribution in [0.1, 0.15) is 6.92 Å². The van der Waals surface area contributed by atoms with Crippen molar-refractivity contribution in [2.45, 2.75) is 13.0 Å². The number of hydrogen-bond acceptors (Lipinski definition) is 6. The Hall–Kier alpha value is -3.08. The van der Waals surface area contributed by atoms with Gasteiger partial charge in [0.25, 0.3) is 0 Å². The van der Waals surface area contributed by atoms with E-state index in [1.807, 2.05) is 0 Å². The fraction of sp³-hybridized carbons (Fsp3) is 0.222. The number of carbonyl (C=O) groups excluding carboxylic acids is 1. The molecule has 3 N–H and O–H groups in total.